The fourth-order valence-electron chi connectivity index (χ4n) is 1.22. The SMILES string of the molecule is CCC(N)c1cc(C(F)(F)F)ccc1F. The van der Waals surface area contributed by atoms with E-state index in [-0.39, 0.29) is 5.56 Å². The number of nitrogens with two attached hydrogens (primary N) is 1. The lowest BCUT2D eigenvalue weighted by Gasteiger charge is -2.13. The summed E-state index contributed by atoms with van der Waals surface area (Å²) in [4.78, 5) is 0. The highest BCUT2D eigenvalue weighted by Crippen LogP contribution is 2.31. The van der Waals surface area contributed by atoms with Gasteiger partial charge in [0, 0.05) is 11.6 Å². The Morgan fingerprint density at radius 3 is 2.40 bits per heavy atom. The van der Waals surface area contributed by atoms with Gasteiger partial charge < -0.3 is 5.73 Å². The van der Waals surface area contributed by atoms with Gasteiger partial charge >= 0.3 is 6.18 Å². The van der Waals surface area contributed by atoms with Gasteiger partial charge in [0.25, 0.3) is 0 Å². The molecule has 0 heterocycles. The van der Waals surface area contributed by atoms with E-state index in [1.807, 2.05) is 0 Å². The third-order valence-corrected chi connectivity index (χ3v) is 2.16. The van der Waals surface area contributed by atoms with Crippen LogP contribution in [0.15, 0.2) is 18.2 Å². The summed E-state index contributed by atoms with van der Waals surface area (Å²) in [6.45, 7) is 1.68. The van der Waals surface area contributed by atoms with E-state index in [1.165, 1.54) is 0 Å². The van der Waals surface area contributed by atoms with Crippen LogP contribution in [0.5, 0.6) is 0 Å². The molecule has 0 spiro atoms. The summed E-state index contributed by atoms with van der Waals surface area (Å²) in [5.41, 5.74) is 4.54. The Balaban J connectivity index is 3.17. The van der Waals surface area contributed by atoms with Crippen molar-refractivity contribution in [3.8, 4) is 0 Å². The monoisotopic (exact) mass is 221 g/mol. The fourth-order valence-corrected chi connectivity index (χ4v) is 1.22. The van der Waals surface area contributed by atoms with Gasteiger partial charge in [-0.2, -0.15) is 13.2 Å². The molecule has 0 bridgehead atoms. The molecule has 0 fully saturated rings. The third kappa shape index (κ3) is 2.68. The third-order valence-electron chi connectivity index (χ3n) is 2.16. The van der Waals surface area contributed by atoms with Crippen LogP contribution in [0.4, 0.5) is 17.6 Å². The zero-order valence-corrected chi connectivity index (χ0v) is 8.11. The Hall–Kier alpha value is -1.10. The Morgan fingerprint density at radius 1 is 1.33 bits per heavy atom. The van der Waals surface area contributed by atoms with Crippen LogP contribution >= 0.6 is 0 Å². The highest BCUT2D eigenvalue weighted by atomic mass is 19.4. The van der Waals surface area contributed by atoms with Crippen molar-refractivity contribution >= 4 is 0 Å². The van der Waals surface area contributed by atoms with Crippen molar-refractivity contribution in [3.63, 3.8) is 0 Å². The smallest absolute Gasteiger partial charge is 0.324 e. The van der Waals surface area contributed by atoms with Gasteiger partial charge in [0.05, 0.1) is 5.56 Å². The van der Waals surface area contributed by atoms with E-state index < -0.39 is 23.6 Å². The number of rotatable bonds is 2. The van der Waals surface area contributed by atoms with Gasteiger partial charge in [0.1, 0.15) is 5.82 Å². The van der Waals surface area contributed by atoms with Crippen LogP contribution in [0.2, 0.25) is 0 Å². The largest absolute Gasteiger partial charge is 0.416 e. The number of benzene rings is 1. The first kappa shape index (κ1) is 12.0. The van der Waals surface area contributed by atoms with Crippen LogP contribution in [-0.2, 0) is 6.18 Å². The first-order chi connectivity index (χ1) is 6.86. The molecule has 0 amide bonds. The molecule has 2 N–H and O–H groups in total. The molecule has 84 valence electrons. The molecular weight excluding hydrogens is 210 g/mol. The molecule has 1 rings (SSSR count). The lowest BCUT2D eigenvalue weighted by Crippen LogP contribution is -2.13. The van der Waals surface area contributed by atoms with E-state index in [2.05, 4.69) is 0 Å². The van der Waals surface area contributed by atoms with Crippen molar-refractivity contribution in [3.05, 3.63) is 35.1 Å². The van der Waals surface area contributed by atoms with Gasteiger partial charge in [-0.15, -0.1) is 0 Å². The molecule has 0 saturated carbocycles. The van der Waals surface area contributed by atoms with Crippen molar-refractivity contribution in [1.29, 1.82) is 0 Å². The minimum absolute atomic E-state index is 0.0904. The molecule has 1 atom stereocenters. The minimum Gasteiger partial charge on any atom is -0.324 e. The molecule has 1 nitrogen and oxygen atoms in total. The minimum atomic E-state index is -4.46. The second kappa shape index (κ2) is 4.18. The Kier molecular flexibility index (Phi) is 3.34. The topological polar surface area (TPSA) is 26.0 Å². The summed E-state index contributed by atoms with van der Waals surface area (Å²) in [7, 11) is 0. The van der Waals surface area contributed by atoms with Crippen LogP contribution in [-0.4, -0.2) is 0 Å². The number of hydrogen-bond donors (Lipinski definition) is 1. The van der Waals surface area contributed by atoms with Crippen molar-refractivity contribution in [2.24, 2.45) is 5.73 Å². The Morgan fingerprint density at radius 2 is 1.93 bits per heavy atom. The fraction of sp³-hybridized carbons (Fsp3) is 0.400. The van der Waals surface area contributed by atoms with Gasteiger partial charge in [-0.3, -0.25) is 0 Å². The molecule has 0 aliphatic rings. The van der Waals surface area contributed by atoms with Crippen molar-refractivity contribution < 1.29 is 17.6 Å². The maximum Gasteiger partial charge on any atom is 0.416 e. The zero-order valence-electron chi connectivity index (χ0n) is 8.11. The van der Waals surface area contributed by atoms with Gasteiger partial charge in [-0.05, 0) is 24.6 Å². The lowest BCUT2D eigenvalue weighted by atomic mass is 10.0. The molecule has 5 heteroatoms. The molecule has 0 radical (unpaired) electrons. The molecule has 1 aromatic rings. The molecule has 1 unspecified atom stereocenters. The molecule has 0 aromatic heterocycles. The predicted octanol–water partition coefficient (Wildman–Crippen LogP) is 3.25. The van der Waals surface area contributed by atoms with Gasteiger partial charge in [0.2, 0.25) is 0 Å². The molecule has 0 saturated heterocycles. The predicted molar refractivity (Wildman–Crippen MR) is 48.6 cm³/mol. The molecule has 0 aliphatic carbocycles. The van der Waals surface area contributed by atoms with E-state index in [9.17, 15) is 17.6 Å². The summed E-state index contributed by atoms with van der Waals surface area (Å²) < 4.78 is 50.1. The normalized spacial score (nSPS) is 14.0. The summed E-state index contributed by atoms with van der Waals surface area (Å²) in [6, 6.07) is 1.57. The second-order valence-electron chi connectivity index (χ2n) is 3.25. The standard InChI is InChI=1S/C10H11F4N/c1-2-9(15)7-5-6(10(12,13)14)3-4-8(7)11/h3-5,9H,2,15H2,1H3. The van der Waals surface area contributed by atoms with Crippen LogP contribution in [0.25, 0.3) is 0 Å². The summed E-state index contributed by atoms with van der Waals surface area (Å²) in [5.74, 6) is -0.697. The highest BCUT2D eigenvalue weighted by Gasteiger charge is 2.31. The van der Waals surface area contributed by atoms with Gasteiger partial charge in [-0.25, -0.2) is 4.39 Å². The van der Waals surface area contributed by atoms with Gasteiger partial charge in [-0.1, -0.05) is 6.92 Å². The number of alkyl halides is 3. The first-order valence-electron chi connectivity index (χ1n) is 4.48. The summed E-state index contributed by atoms with van der Waals surface area (Å²) in [6.07, 6.45) is -4.08. The van der Waals surface area contributed by atoms with Crippen molar-refractivity contribution in [2.75, 3.05) is 0 Å². The zero-order chi connectivity index (χ0) is 11.6. The molecule has 15 heavy (non-hydrogen) atoms. The summed E-state index contributed by atoms with van der Waals surface area (Å²) >= 11 is 0. The average Bonchev–Trinajstić information content (AvgIpc) is 2.15. The van der Waals surface area contributed by atoms with E-state index in [0.29, 0.717) is 12.5 Å². The van der Waals surface area contributed by atoms with Crippen LogP contribution < -0.4 is 5.73 Å². The van der Waals surface area contributed by atoms with Crippen LogP contribution in [0, 0.1) is 5.82 Å². The van der Waals surface area contributed by atoms with Crippen LogP contribution in [0.3, 0.4) is 0 Å². The highest BCUT2D eigenvalue weighted by molar-refractivity contribution is 5.29. The van der Waals surface area contributed by atoms with E-state index in [0.717, 1.165) is 12.1 Å². The summed E-state index contributed by atoms with van der Waals surface area (Å²) in [5, 5.41) is 0. The maximum absolute atomic E-state index is 13.1. The number of halogens is 4. The van der Waals surface area contributed by atoms with Crippen LogP contribution in [0.1, 0.15) is 30.5 Å². The molecular formula is C10H11F4N. The quantitative estimate of drug-likeness (QED) is 0.762. The molecule has 0 aliphatic heterocycles. The average molecular weight is 221 g/mol. The Labute approximate surface area is 84.9 Å². The van der Waals surface area contributed by atoms with Gasteiger partial charge in [0.15, 0.2) is 0 Å². The van der Waals surface area contributed by atoms with Crippen molar-refractivity contribution in [1.82, 2.24) is 0 Å². The van der Waals surface area contributed by atoms with E-state index in [1.54, 1.807) is 6.92 Å². The van der Waals surface area contributed by atoms with E-state index in [4.69, 9.17) is 5.73 Å². The van der Waals surface area contributed by atoms with Crippen molar-refractivity contribution in [2.45, 2.75) is 25.6 Å². The second-order valence-corrected chi connectivity index (χ2v) is 3.25. The maximum atomic E-state index is 13.1. The molecule has 1 aromatic carbocycles. The first-order valence-corrected chi connectivity index (χ1v) is 4.48. The van der Waals surface area contributed by atoms with E-state index >= 15 is 0 Å². The Bertz CT molecular complexity index is 346. The number of hydrogen-bond acceptors (Lipinski definition) is 1. The lowest BCUT2D eigenvalue weighted by molar-refractivity contribution is -0.137.